The zero-order valence-corrected chi connectivity index (χ0v) is 12.3. The average molecular weight is 270 g/mol. The molecule has 2 rings (SSSR count). The van der Waals surface area contributed by atoms with Gasteiger partial charge in [-0.25, -0.2) is 0 Å². The number of rotatable bonds is 7. The van der Waals surface area contributed by atoms with Crippen LogP contribution in [0.25, 0.3) is 0 Å². The number of hydrogen-bond donors (Lipinski definition) is 0. The first-order valence-electron chi connectivity index (χ1n) is 7.28. The van der Waals surface area contributed by atoms with Gasteiger partial charge in [0.05, 0.1) is 5.69 Å². The Bertz CT molecular complexity index is 558. The molecule has 3 nitrogen and oxygen atoms in total. The molecule has 0 N–H and O–H groups in total. The lowest BCUT2D eigenvalue weighted by Gasteiger charge is -2.04. The van der Waals surface area contributed by atoms with E-state index in [1.807, 2.05) is 35.9 Å². The smallest absolute Gasteiger partial charge is 0.138 e. The van der Waals surface area contributed by atoms with Crippen LogP contribution in [0.15, 0.2) is 36.4 Å². The van der Waals surface area contributed by atoms with Gasteiger partial charge in [-0.1, -0.05) is 30.3 Å². The Hall–Kier alpha value is -1.90. The van der Waals surface area contributed by atoms with Crippen molar-refractivity contribution in [2.24, 2.45) is 0 Å². The van der Waals surface area contributed by atoms with Crippen LogP contribution in [0.1, 0.15) is 36.7 Å². The Morgan fingerprint density at radius 3 is 2.70 bits per heavy atom. The van der Waals surface area contributed by atoms with Crippen molar-refractivity contribution in [3.05, 3.63) is 53.3 Å². The fourth-order valence-electron chi connectivity index (χ4n) is 2.44. The molecule has 0 spiro atoms. The van der Waals surface area contributed by atoms with E-state index in [1.165, 1.54) is 5.56 Å². The summed E-state index contributed by atoms with van der Waals surface area (Å²) in [5, 5.41) is 4.37. The van der Waals surface area contributed by atoms with Crippen LogP contribution in [-0.4, -0.2) is 15.6 Å². The molecule has 0 radical (unpaired) electrons. The number of carbonyl (C=O) groups is 1. The molecule has 1 aromatic carbocycles. The second-order valence-corrected chi connectivity index (χ2v) is 5.15. The maximum absolute atomic E-state index is 12.0. The van der Waals surface area contributed by atoms with Gasteiger partial charge in [-0.2, -0.15) is 5.10 Å². The number of carbonyl (C=O) groups excluding carboxylic acids is 1. The predicted octanol–water partition coefficient (Wildman–Crippen LogP) is 3.35. The summed E-state index contributed by atoms with van der Waals surface area (Å²) in [5.74, 6) is 0.301. The van der Waals surface area contributed by atoms with Crippen molar-refractivity contribution in [1.82, 2.24) is 9.78 Å². The number of nitrogens with zero attached hydrogens (tertiary/aromatic N) is 2. The molecular formula is C17H22N2O. The maximum Gasteiger partial charge on any atom is 0.138 e. The molecule has 106 valence electrons. The number of aromatic nitrogens is 2. The Morgan fingerprint density at radius 2 is 2.00 bits per heavy atom. The van der Waals surface area contributed by atoms with Gasteiger partial charge in [-0.3, -0.25) is 9.48 Å². The van der Waals surface area contributed by atoms with Crippen LogP contribution in [0.2, 0.25) is 0 Å². The lowest BCUT2D eigenvalue weighted by Crippen LogP contribution is -2.09. The average Bonchev–Trinajstić information content (AvgIpc) is 2.80. The van der Waals surface area contributed by atoms with E-state index in [1.54, 1.807) is 0 Å². The summed E-state index contributed by atoms with van der Waals surface area (Å²) in [6.45, 7) is 4.84. The van der Waals surface area contributed by atoms with E-state index in [-0.39, 0.29) is 0 Å². The number of aryl methyl sites for hydroxylation is 3. The Balaban J connectivity index is 1.80. The molecule has 1 aromatic heterocycles. The third-order valence-electron chi connectivity index (χ3n) is 3.43. The molecule has 0 atom stereocenters. The first kappa shape index (κ1) is 14.5. The monoisotopic (exact) mass is 270 g/mol. The minimum absolute atomic E-state index is 0.301. The minimum atomic E-state index is 0.301. The normalized spacial score (nSPS) is 10.7. The van der Waals surface area contributed by atoms with E-state index in [0.29, 0.717) is 18.6 Å². The standard InChI is InChI=1S/C17H22N2O/c1-3-19-16(12-14(2)18-19)13-17(20)11-7-10-15-8-5-4-6-9-15/h4-6,8-9,12H,3,7,10-11,13H2,1-2H3. The topological polar surface area (TPSA) is 34.9 Å². The summed E-state index contributed by atoms with van der Waals surface area (Å²) >= 11 is 0. The second-order valence-electron chi connectivity index (χ2n) is 5.15. The number of Topliss-reactive ketones (excluding diaryl/α,β-unsaturated/α-hetero) is 1. The molecule has 0 aliphatic heterocycles. The zero-order chi connectivity index (χ0) is 14.4. The van der Waals surface area contributed by atoms with Crippen molar-refractivity contribution in [3.8, 4) is 0 Å². The van der Waals surface area contributed by atoms with Gasteiger partial charge >= 0.3 is 0 Å². The summed E-state index contributed by atoms with van der Waals surface area (Å²) in [4.78, 5) is 12.0. The molecule has 3 heteroatoms. The van der Waals surface area contributed by atoms with Crippen molar-refractivity contribution in [2.75, 3.05) is 0 Å². The fourth-order valence-corrected chi connectivity index (χ4v) is 2.44. The quantitative estimate of drug-likeness (QED) is 0.773. The van der Waals surface area contributed by atoms with Crippen molar-refractivity contribution < 1.29 is 4.79 Å². The highest BCUT2D eigenvalue weighted by atomic mass is 16.1. The van der Waals surface area contributed by atoms with Crippen LogP contribution in [0.5, 0.6) is 0 Å². The SMILES string of the molecule is CCn1nc(C)cc1CC(=O)CCCc1ccccc1. The summed E-state index contributed by atoms with van der Waals surface area (Å²) in [6, 6.07) is 12.3. The van der Waals surface area contributed by atoms with Crippen LogP contribution >= 0.6 is 0 Å². The van der Waals surface area contributed by atoms with Gasteiger partial charge in [-0.15, -0.1) is 0 Å². The maximum atomic E-state index is 12.0. The number of benzene rings is 1. The highest BCUT2D eigenvalue weighted by molar-refractivity contribution is 5.80. The van der Waals surface area contributed by atoms with Crippen LogP contribution in [0.3, 0.4) is 0 Å². The van der Waals surface area contributed by atoms with Crippen molar-refractivity contribution >= 4 is 5.78 Å². The van der Waals surface area contributed by atoms with Gasteiger partial charge in [0.2, 0.25) is 0 Å². The highest BCUT2D eigenvalue weighted by Crippen LogP contribution is 2.09. The van der Waals surface area contributed by atoms with E-state index in [4.69, 9.17) is 0 Å². The van der Waals surface area contributed by atoms with Crippen molar-refractivity contribution in [2.45, 2.75) is 46.1 Å². The zero-order valence-electron chi connectivity index (χ0n) is 12.3. The Labute approximate surface area is 120 Å². The van der Waals surface area contributed by atoms with E-state index in [0.717, 1.165) is 30.8 Å². The molecule has 0 saturated heterocycles. The van der Waals surface area contributed by atoms with Crippen LogP contribution in [0.4, 0.5) is 0 Å². The minimum Gasteiger partial charge on any atom is -0.299 e. The molecule has 0 amide bonds. The Morgan fingerprint density at radius 1 is 1.25 bits per heavy atom. The summed E-state index contributed by atoms with van der Waals surface area (Å²) in [7, 11) is 0. The molecule has 0 aliphatic carbocycles. The van der Waals surface area contributed by atoms with E-state index in [2.05, 4.69) is 24.2 Å². The Kier molecular flexibility index (Phi) is 5.10. The number of hydrogen-bond acceptors (Lipinski definition) is 2. The number of ketones is 1. The van der Waals surface area contributed by atoms with Gasteiger partial charge in [0, 0.05) is 25.1 Å². The van der Waals surface area contributed by atoms with Gasteiger partial charge in [0.25, 0.3) is 0 Å². The molecule has 0 fully saturated rings. The first-order valence-corrected chi connectivity index (χ1v) is 7.28. The molecule has 0 unspecified atom stereocenters. The van der Waals surface area contributed by atoms with Gasteiger partial charge in [0.1, 0.15) is 5.78 Å². The van der Waals surface area contributed by atoms with Crippen molar-refractivity contribution in [3.63, 3.8) is 0 Å². The third kappa shape index (κ3) is 4.05. The second kappa shape index (κ2) is 7.04. The summed E-state index contributed by atoms with van der Waals surface area (Å²) in [6.07, 6.45) is 3.03. The van der Waals surface area contributed by atoms with Gasteiger partial charge < -0.3 is 0 Å². The largest absolute Gasteiger partial charge is 0.299 e. The lowest BCUT2D eigenvalue weighted by molar-refractivity contribution is -0.118. The molecular weight excluding hydrogens is 248 g/mol. The van der Waals surface area contributed by atoms with Crippen LogP contribution in [-0.2, 0) is 24.2 Å². The van der Waals surface area contributed by atoms with Gasteiger partial charge in [0.15, 0.2) is 0 Å². The fraction of sp³-hybridized carbons (Fsp3) is 0.412. The molecule has 0 bridgehead atoms. The van der Waals surface area contributed by atoms with E-state index in [9.17, 15) is 4.79 Å². The molecule has 2 aromatic rings. The van der Waals surface area contributed by atoms with Gasteiger partial charge in [-0.05, 0) is 38.3 Å². The molecule has 0 aliphatic rings. The van der Waals surface area contributed by atoms with E-state index >= 15 is 0 Å². The van der Waals surface area contributed by atoms with E-state index < -0.39 is 0 Å². The molecule has 0 saturated carbocycles. The van der Waals surface area contributed by atoms with Crippen LogP contribution in [0, 0.1) is 6.92 Å². The lowest BCUT2D eigenvalue weighted by atomic mass is 10.0. The van der Waals surface area contributed by atoms with Crippen LogP contribution < -0.4 is 0 Å². The molecule has 20 heavy (non-hydrogen) atoms. The molecule has 1 heterocycles. The summed E-state index contributed by atoms with van der Waals surface area (Å²) < 4.78 is 1.92. The third-order valence-corrected chi connectivity index (χ3v) is 3.43. The first-order chi connectivity index (χ1) is 9.69. The predicted molar refractivity (Wildman–Crippen MR) is 80.7 cm³/mol. The highest BCUT2D eigenvalue weighted by Gasteiger charge is 2.09. The summed E-state index contributed by atoms with van der Waals surface area (Å²) in [5.41, 5.74) is 3.32. The van der Waals surface area contributed by atoms with Crippen molar-refractivity contribution in [1.29, 1.82) is 0 Å².